The fraction of sp³-hybridized carbons (Fsp3) is 0.833. The van der Waals surface area contributed by atoms with Crippen LogP contribution >= 0.6 is 0 Å². The molecule has 17 heavy (non-hydrogen) atoms. The molecule has 5 heteroatoms. The maximum absolute atomic E-state index is 12.3. The first-order chi connectivity index (χ1) is 8.13. The highest BCUT2D eigenvalue weighted by molar-refractivity contribution is 5.95. The molecule has 2 heterocycles. The number of hydrogen-bond donors (Lipinski definition) is 1. The molecule has 0 radical (unpaired) electrons. The monoisotopic (exact) mass is 240 g/mol. The van der Waals surface area contributed by atoms with E-state index in [0.29, 0.717) is 13.2 Å². The standard InChI is InChI=1S/C12H20N2O3/c1-3-8(2)11-12(16)14(6-10(15)13-11)9-4-5-17-7-9/h8-9,11H,3-7H2,1-2H3,(H,13,15). The Morgan fingerprint density at radius 2 is 2.29 bits per heavy atom. The lowest BCUT2D eigenvalue weighted by atomic mass is 9.95. The molecule has 0 bridgehead atoms. The second kappa shape index (κ2) is 5.04. The average molecular weight is 240 g/mol. The fourth-order valence-corrected chi connectivity index (χ4v) is 2.39. The van der Waals surface area contributed by atoms with Crippen molar-refractivity contribution in [3.63, 3.8) is 0 Å². The Morgan fingerprint density at radius 3 is 2.88 bits per heavy atom. The zero-order valence-corrected chi connectivity index (χ0v) is 10.4. The van der Waals surface area contributed by atoms with Gasteiger partial charge < -0.3 is 15.0 Å². The van der Waals surface area contributed by atoms with E-state index in [-0.39, 0.29) is 36.4 Å². The molecule has 3 unspecified atom stereocenters. The van der Waals surface area contributed by atoms with Crippen LogP contribution in [0.4, 0.5) is 0 Å². The zero-order chi connectivity index (χ0) is 12.4. The highest BCUT2D eigenvalue weighted by Gasteiger charge is 2.39. The summed E-state index contributed by atoms with van der Waals surface area (Å²) < 4.78 is 5.29. The number of piperazine rings is 1. The molecule has 0 aliphatic carbocycles. The second-order valence-electron chi connectivity index (χ2n) is 4.91. The molecule has 0 aromatic heterocycles. The largest absolute Gasteiger partial charge is 0.379 e. The highest BCUT2D eigenvalue weighted by atomic mass is 16.5. The van der Waals surface area contributed by atoms with Crippen molar-refractivity contribution in [3.8, 4) is 0 Å². The summed E-state index contributed by atoms with van der Waals surface area (Å²) in [6.07, 6.45) is 1.72. The van der Waals surface area contributed by atoms with E-state index in [9.17, 15) is 9.59 Å². The number of amides is 2. The molecule has 2 fully saturated rings. The van der Waals surface area contributed by atoms with Crippen LogP contribution in [0.15, 0.2) is 0 Å². The zero-order valence-electron chi connectivity index (χ0n) is 10.4. The second-order valence-corrected chi connectivity index (χ2v) is 4.91. The van der Waals surface area contributed by atoms with E-state index in [1.54, 1.807) is 4.90 Å². The van der Waals surface area contributed by atoms with Gasteiger partial charge in [0, 0.05) is 6.61 Å². The average Bonchev–Trinajstić information content (AvgIpc) is 2.84. The Labute approximate surface area is 101 Å². The van der Waals surface area contributed by atoms with Gasteiger partial charge in [0.15, 0.2) is 0 Å². The summed E-state index contributed by atoms with van der Waals surface area (Å²) in [5.41, 5.74) is 0. The summed E-state index contributed by atoms with van der Waals surface area (Å²) in [5.74, 6) is 0.174. The van der Waals surface area contributed by atoms with Gasteiger partial charge in [-0.05, 0) is 12.3 Å². The topological polar surface area (TPSA) is 58.6 Å². The van der Waals surface area contributed by atoms with Crippen LogP contribution in [0.3, 0.4) is 0 Å². The van der Waals surface area contributed by atoms with Crippen molar-refractivity contribution in [1.29, 1.82) is 0 Å². The lowest BCUT2D eigenvalue weighted by Gasteiger charge is -2.37. The van der Waals surface area contributed by atoms with E-state index in [1.807, 2.05) is 13.8 Å². The number of hydrogen-bond acceptors (Lipinski definition) is 3. The van der Waals surface area contributed by atoms with Crippen LogP contribution in [-0.2, 0) is 14.3 Å². The Kier molecular flexibility index (Phi) is 3.66. The van der Waals surface area contributed by atoms with Gasteiger partial charge in [0.25, 0.3) is 0 Å². The van der Waals surface area contributed by atoms with E-state index in [4.69, 9.17) is 4.74 Å². The minimum absolute atomic E-state index is 0.0504. The van der Waals surface area contributed by atoms with Gasteiger partial charge in [0.1, 0.15) is 6.04 Å². The molecule has 0 spiro atoms. The molecular weight excluding hydrogens is 220 g/mol. The van der Waals surface area contributed by atoms with E-state index < -0.39 is 0 Å². The van der Waals surface area contributed by atoms with Crippen molar-refractivity contribution in [3.05, 3.63) is 0 Å². The normalized spacial score (nSPS) is 31.5. The fourth-order valence-electron chi connectivity index (χ4n) is 2.39. The molecule has 2 rings (SSSR count). The Morgan fingerprint density at radius 1 is 1.53 bits per heavy atom. The molecule has 0 aromatic carbocycles. The third kappa shape index (κ3) is 2.44. The molecule has 0 aromatic rings. The summed E-state index contributed by atoms with van der Waals surface area (Å²) in [5, 5.41) is 2.80. The molecule has 2 saturated heterocycles. The van der Waals surface area contributed by atoms with Crippen LogP contribution in [0.25, 0.3) is 0 Å². The van der Waals surface area contributed by atoms with Gasteiger partial charge in [0.05, 0.1) is 19.2 Å². The summed E-state index contributed by atoms with van der Waals surface area (Å²) in [6, 6.07) is -0.276. The van der Waals surface area contributed by atoms with Gasteiger partial charge in [-0.2, -0.15) is 0 Å². The van der Waals surface area contributed by atoms with Gasteiger partial charge in [-0.3, -0.25) is 9.59 Å². The van der Waals surface area contributed by atoms with Crippen LogP contribution in [0.5, 0.6) is 0 Å². The minimum Gasteiger partial charge on any atom is -0.379 e. The summed E-state index contributed by atoms with van der Waals surface area (Å²) in [4.78, 5) is 25.7. The van der Waals surface area contributed by atoms with Crippen LogP contribution in [-0.4, -0.2) is 48.6 Å². The molecule has 2 aliphatic rings. The first-order valence-corrected chi connectivity index (χ1v) is 6.31. The minimum atomic E-state index is -0.359. The number of rotatable bonds is 3. The number of nitrogens with zero attached hydrogens (tertiary/aromatic N) is 1. The number of carbonyl (C=O) groups excluding carboxylic acids is 2. The molecule has 96 valence electrons. The maximum atomic E-state index is 12.3. The van der Waals surface area contributed by atoms with Gasteiger partial charge in [-0.1, -0.05) is 20.3 Å². The van der Waals surface area contributed by atoms with E-state index in [1.165, 1.54) is 0 Å². The molecule has 2 aliphatic heterocycles. The third-order valence-electron chi connectivity index (χ3n) is 3.74. The van der Waals surface area contributed by atoms with Crippen molar-refractivity contribution in [2.75, 3.05) is 19.8 Å². The van der Waals surface area contributed by atoms with Crippen LogP contribution in [0.2, 0.25) is 0 Å². The third-order valence-corrected chi connectivity index (χ3v) is 3.74. The molecule has 5 nitrogen and oxygen atoms in total. The lowest BCUT2D eigenvalue weighted by molar-refractivity contribution is -0.148. The Balaban J connectivity index is 2.10. The Hall–Kier alpha value is -1.10. The van der Waals surface area contributed by atoms with Crippen LogP contribution in [0, 0.1) is 5.92 Å². The molecule has 2 amide bonds. The number of carbonyl (C=O) groups is 2. The smallest absolute Gasteiger partial charge is 0.246 e. The summed E-state index contributed by atoms with van der Waals surface area (Å²) in [6.45, 7) is 5.45. The SMILES string of the molecule is CCC(C)C1NC(=O)CN(C2CCOC2)C1=O. The van der Waals surface area contributed by atoms with E-state index >= 15 is 0 Å². The van der Waals surface area contributed by atoms with Crippen molar-refractivity contribution < 1.29 is 14.3 Å². The lowest BCUT2D eigenvalue weighted by Crippen LogP contribution is -2.62. The van der Waals surface area contributed by atoms with Gasteiger partial charge >= 0.3 is 0 Å². The van der Waals surface area contributed by atoms with Gasteiger partial charge in [0.2, 0.25) is 11.8 Å². The Bertz CT molecular complexity index is 313. The summed E-state index contributed by atoms with van der Waals surface area (Å²) in [7, 11) is 0. The van der Waals surface area contributed by atoms with Crippen LogP contribution in [0.1, 0.15) is 26.7 Å². The molecule has 3 atom stereocenters. The van der Waals surface area contributed by atoms with Gasteiger partial charge in [-0.15, -0.1) is 0 Å². The maximum Gasteiger partial charge on any atom is 0.246 e. The van der Waals surface area contributed by atoms with Crippen LogP contribution < -0.4 is 5.32 Å². The predicted molar refractivity (Wildman–Crippen MR) is 62.3 cm³/mol. The first kappa shape index (κ1) is 12.4. The molecule has 1 N–H and O–H groups in total. The van der Waals surface area contributed by atoms with Crippen molar-refractivity contribution in [1.82, 2.24) is 10.2 Å². The molecular formula is C12H20N2O3. The molecule has 0 saturated carbocycles. The number of nitrogens with one attached hydrogen (secondary N) is 1. The quantitative estimate of drug-likeness (QED) is 0.764. The van der Waals surface area contributed by atoms with Gasteiger partial charge in [-0.25, -0.2) is 0 Å². The van der Waals surface area contributed by atoms with Crippen molar-refractivity contribution in [2.24, 2.45) is 5.92 Å². The predicted octanol–water partition coefficient (Wildman–Crippen LogP) is 0.148. The highest BCUT2D eigenvalue weighted by Crippen LogP contribution is 2.19. The summed E-state index contributed by atoms with van der Waals surface area (Å²) >= 11 is 0. The van der Waals surface area contributed by atoms with Crippen molar-refractivity contribution >= 4 is 11.8 Å². The van der Waals surface area contributed by atoms with Crippen molar-refractivity contribution in [2.45, 2.75) is 38.8 Å². The number of ether oxygens (including phenoxy) is 1. The van der Waals surface area contributed by atoms with E-state index in [0.717, 1.165) is 12.8 Å². The first-order valence-electron chi connectivity index (χ1n) is 6.31. The van der Waals surface area contributed by atoms with E-state index in [2.05, 4.69) is 5.32 Å².